The minimum atomic E-state index is 0.230. The van der Waals surface area contributed by atoms with Gasteiger partial charge in [-0.2, -0.15) is 0 Å². The maximum Gasteiger partial charge on any atom is 0.138 e. The molecule has 0 radical (unpaired) electrons. The van der Waals surface area contributed by atoms with Gasteiger partial charge in [-0.05, 0) is 30.2 Å². The van der Waals surface area contributed by atoms with Crippen LogP contribution in [0.4, 0.5) is 0 Å². The minimum absolute atomic E-state index is 0.230. The Morgan fingerprint density at radius 1 is 1.10 bits per heavy atom. The van der Waals surface area contributed by atoms with E-state index >= 15 is 0 Å². The molecule has 0 saturated heterocycles. The fourth-order valence-corrected chi connectivity index (χ4v) is 2.08. The lowest BCUT2D eigenvalue weighted by molar-refractivity contribution is 0.184. The number of pyridine rings is 1. The number of ether oxygens (including phenoxy) is 1. The van der Waals surface area contributed by atoms with Crippen LogP contribution < -0.4 is 5.32 Å². The molecule has 0 spiro atoms. The first-order chi connectivity index (χ1) is 9.70. The number of nitrogens with zero attached hydrogens (tertiary/aromatic N) is 1. The third-order valence-electron chi connectivity index (χ3n) is 3.12. The van der Waals surface area contributed by atoms with E-state index in [1.54, 1.807) is 19.2 Å². The highest BCUT2D eigenvalue weighted by atomic mass is 16.5. The second kappa shape index (κ2) is 7.03. The Bertz CT molecular complexity index is 570. The lowest BCUT2D eigenvalue weighted by Gasteiger charge is -2.10. The first-order valence-electron chi connectivity index (χ1n) is 6.62. The van der Waals surface area contributed by atoms with Crippen LogP contribution in [-0.4, -0.2) is 17.2 Å². The molecule has 1 aromatic heterocycles. The number of hydrogen-bond acceptors (Lipinski definition) is 4. The molecule has 1 aromatic carbocycles. The number of methoxy groups -OCH3 is 1. The van der Waals surface area contributed by atoms with Crippen molar-refractivity contribution in [3.05, 3.63) is 58.9 Å². The average Bonchev–Trinajstić information content (AvgIpc) is 2.45. The number of hydrogen-bond donors (Lipinski definition) is 2. The molecule has 0 fully saturated rings. The van der Waals surface area contributed by atoms with Crippen molar-refractivity contribution in [3.8, 4) is 5.75 Å². The maximum atomic E-state index is 9.75. The van der Waals surface area contributed by atoms with Gasteiger partial charge in [-0.25, -0.2) is 0 Å². The van der Waals surface area contributed by atoms with Gasteiger partial charge in [0.2, 0.25) is 0 Å². The van der Waals surface area contributed by atoms with Crippen LogP contribution >= 0.6 is 0 Å². The summed E-state index contributed by atoms with van der Waals surface area (Å²) < 4.78 is 5.19. The number of aromatic hydroxyl groups is 1. The van der Waals surface area contributed by atoms with Crippen LogP contribution in [-0.2, 0) is 24.4 Å². The van der Waals surface area contributed by atoms with Crippen molar-refractivity contribution in [2.75, 3.05) is 7.11 Å². The molecule has 2 N–H and O–H groups in total. The smallest absolute Gasteiger partial charge is 0.138 e. The molecule has 0 atom stereocenters. The molecule has 4 nitrogen and oxygen atoms in total. The highest BCUT2D eigenvalue weighted by Gasteiger charge is 2.04. The predicted molar refractivity (Wildman–Crippen MR) is 78.3 cm³/mol. The van der Waals surface area contributed by atoms with E-state index in [9.17, 15) is 5.11 Å². The van der Waals surface area contributed by atoms with Crippen molar-refractivity contribution in [2.24, 2.45) is 0 Å². The molecule has 0 aliphatic carbocycles. The number of aryl methyl sites for hydroxylation is 1. The van der Waals surface area contributed by atoms with Crippen molar-refractivity contribution in [1.29, 1.82) is 0 Å². The van der Waals surface area contributed by atoms with E-state index in [4.69, 9.17) is 4.74 Å². The summed E-state index contributed by atoms with van der Waals surface area (Å²) >= 11 is 0. The standard InChI is InChI=1S/C16H20N2O2/c1-12-7-8-16(19)15(18-12)10-17-9-13-5-3-4-6-14(13)11-20-2/h3-8,17,19H,9-11H2,1-2H3. The zero-order chi connectivity index (χ0) is 14.4. The van der Waals surface area contributed by atoms with Gasteiger partial charge in [-0.1, -0.05) is 24.3 Å². The largest absolute Gasteiger partial charge is 0.506 e. The van der Waals surface area contributed by atoms with Crippen LogP contribution in [0.3, 0.4) is 0 Å². The number of benzene rings is 1. The molecule has 0 bridgehead atoms. The number of aromatic nitrogens is 1. The molecule has 1 heterocycles. The molecule has 0 saturated carbocycles. The average molecular weight is 272 g/mol. The molecule has 4 heteroatoms. The Balaban J connectivity index is 1.97. The molecule has 2 aromatic rings. The molecular formula is C16H20N2O2. The van der Waals surface area contributed by atoms with Crippen molar-refractivity contribution < 1.29 is 9.84 Å². The number of rotatable bonds is 6. The fourth-order valence-electron chi connectivity index (χ4n) is 2.08. The Labute approximate surface area is 119 Å². The predicted octanol–water partition coefficient (Wildman–Crippen LogP) is 2.53. The van der Waals surface area contributed by atoms with Gasteiger partial charge in [-0.15, -0.1) is 0 Å². The summed E-state index contributed by atoms with van der Waals surface area (Å²) in [7, 11) is 1.69. The summed E-state index contributed by atoms with van der Waals surface area (Å²) in [5.74, 6) is 0.230. The van der Waals surface area contributed by atoms with Gasteiger partial charge in [0.25, 0.3) is 0 Å². The van der Waals surface area contributed by atoms with Crippen LogP contribution in [0.15, 0.2) is 36.4 Å². The van der Waals surface area contributed by atoms with Crippen LogP contribution in [0.2, 0.25) is 0 Å². The van der Waals surface area contributed by atoms with Crippen molar-refractivity contribution >= 4 is 0 Å². The second-order valence-corrected chi connectivity index (χ2v) is 4.72. The monoisotopic (exact) mass is 272 g/mol. The minimum Gasteiger partial charge on any atom is -0.506 e. The zero-order valence-corrected chi connectivity index (χ0v) is 11.9. The lowest BCUT2D eigenvalue weighted by atomic mass is 10.1. The normalized spacial score (nSPS) is 10.7. The van der Waals surface area contributed by atoms with Gasteiger partial charge in [0.05, 0.1) is 12.3 Å². The van der Waals surface area contributed by atoms with E-state index < -0.39 is 0 Å². The lowest BCUT2D eigenvalue weighted by Crippen LogP contribution is -2.15. The van der Waals surface area contributed by atoms with Crippen LogP contribution in [0.25, 0.3) is 0 Å². The van der Waals surface area contributed by atoms with Gasteiger partial charge in [-0.3, -0.25) is 4.98 Å². The zero-order valence-electron chi connectivity index (χ0n) is 11.9. The SMILES string of the molecule is COCc1ccccc1CNCc1nc(C)ccc1O. The summed E-state index contributed by atoms with van der Waals surface area (Å²) in [6.45, 7) is 3.77. The van der Waals surface area contributed by atoms with Crippen molar-refractivity contribution in [1.82, 2.24) is 10.3 Å². The maximum absolute atomic E-state index is 9.75. The molecule has 0 unspecified atom stereocenters. The van der Waals surface area contributed by atoms with Crippen LogP contribution in [0.5, 0.6) is 5.75 Å². The summed E-state index contributed by atoms with van der Waals surface area (Å²) in [5.41, 5.74) is 3.94. The second-order valence-electron chi connectivity index (χ2n) is 4.72. The van der Waals surface area contributed by atoms with Gasteiger partial charge in [0, 0.05) is 25.9 Å². The molecule has 20 heavy (non-hydrogen) atoms. The van der Waals surface area contributed by atoms with Gasteiger partial charge in [0.1, 0.15) is 5.75 Å². The summed E-state index contributed by atoms with van der Waals surface area (Å²) in [6.07, 6.45) is 0. The highest BCUT2D eigenvalue weighted by molar-refractivity contribution is 5.28. The molecule has 106 valence electrons. The van der Waals surface area contributed by atoms with E-state index in [1.165, 1.54) is 11.1 Å². The van der Waals surface area contributed by atoms with Crippen LogP contribution in [0.1, 0.15) is 22.5 Å². The number of nitrogens with one attached hydrogen (secondary N) is 1. The third kappa shape index (κ3) is 3.79. The van der Waals surface area contributed by atoms with Crippen LogP contribution in [0, 0.1) is 6.92 Å². The Morgan fingerprint density at radius 3 is 2.60 bits per heavy atom. The summed E-state index contributed by atoms with van der Waals surface area (Å²) in [4.78, 5) is 4.33. The quantitative estimate of drug-likeness (QED) is 0.848. The molecule has 0 amide bonds. The Morgan fingerprint density at radius 2 is 1.85 bits per heavy atom. The third-order valence-corrected chi connectivity index (χ3v) is 3.12. The van der Waals surface area contributed by atoms with E-state index in [0.717, 1.165) is 5.69 Å². The highest BCUT2D eigenvalue weighted by Crippen LogP contribution is 2.15. The Hall–Kier alpha value is -1.91. The summed E-state index contributed by atoms with van der Waals surface area (Å²) in [5, 5.41) is 13.1. The first-order valence-corrected chi connectivity index (χ1v) is 6.62. The molecule has 0 aliphatic heterocycles. The Kier molecular flexibility index (Phi) is 5.09. The summed E-state index contributed by atoms with van der Waals surface area (Å²) in [6, 6.07) is 11.6. The molecular weight excluding hydrogens is 252 g/mol. The van der Waals surface area contributed by atoms with Gasteiger partial charge in [0.15, 0.2) is 0 Å². The van der Waals surface area contributed by atoms with Crippen molar-refractivity contribution in [3.63, 3.8) is 0 Å². The van der Waals surface area contributed by atoms with Gasteiger partial charge < -0.3 is 15.2 Å². The van der Waals surface area contributed by atoms with E-state index in [-0.39, 0.29) is 5.75 Å². The fraction of sp³-hybridized carbons (Fsp3) is 0.312. The first kappa shape index (κ1) is 14.5. The van der Waals surface area contributed by atoms with Crippen molar-refractivity contribution in [2.45, 2.75) is 26.6 Å². The van der Waals surface area contributed by atoms with E-state index in [1.807, 2.05) is 19.1 Å². The molecule has 2 rings (SSSR count). The molecule has 0 aliphatic rings. The van der Waals surface area contributed by atoms with Gasteiger partial charge >= 0.3 is 0 Å². The van der Waals surface area contributed by atoms with E-state index in [0.29, 0.717) is 25.4 Å². The topological polar surface area (TPSA) is 54.4 Å². The van der Waals surface area contributed by atoms with E-state index in [2.05, 4.69) is 22.4 Å².